The first-order valence-corrected chi connectivity index (χ1v) is 9.91. The van der Waals surface area contributed by atoms with Crippen LogP contribution in [0.4, 0.5) is 0 Å². The van der Waals surface area contributed by atoms with E-state index in [1.54, 1.807) is 0 Å². The van der Waals surface area contributed by atoms with E-state index < -0.39 is 5.92 Å². The Hall–Kier alpha value is -1.90. The second-order valence-corrected chi connectivity index (χ2v) is 7.10. The smallest absolute Gasteiger partial charge is 0.151 e. The number of hydrogen-bond donors (Lipinski definition) is 1. The highest BCUT2D eigenvalue weighted by atomic mass is 16.2. The third-order valence-electron chi connectivity index (χ3n) is 4.88. The molecule has 2 unspecified atom stereocenters. The maximum Gasteiger partial charge on any atom is 0.151 e. The molecule has 0 radical (unpaired) electrons. The van der Waals surface area contributed by atoms with Crippen molar-refractivity contribution in [2.75, 3.05) is 6.54 Å². The van der Waals surface area contributed by atoms with Gasteiger partial charge in [-0.3, -0.25) is 9.59 Å². The summed E-state index contributed by atoms with van der Waals surface area (Å²) in [6.45, 7) is 17.1. The highest BCUT2D eigenvalue weighted by molar-refractivity contribution is 6.15. The lowest BCUT2D eigenvalue weighted by atomic mass is 9.86. The molecule has 1 aromatic carbocycles. The van der Waals surface area contributed by atoms with Crippen LogP contribution in [-0.2, 0) is 9.59 Å². The van der Waals surface area contributed by atoms with E-state index in [2.05, 4.69) is 31.0 Å². The number of carbonyl (C=O) groups is 2. The SMILES string of the molecule is C=C(CC1CC(=O)C(c2c(C)cc(C)cc2C)C1=O)NCCCC.CC. The van der Waals surface area contributed by atoms with Gasteiger partial charge in [0.1, 0.15) is 11.7 Å². The van der Waals surface area contributed by atoms with E-state index in [0.29, 0.717) is 12.8 Å². The van der Waals surface area contributed by atoms with Crippen LogP contribution < -0.4 is 5.32 Å². The minimum absolute atomic E-state index is 0.0569. The first-order chi connectivity index (χ1) is 12.3. The van der Waals surface area contributed by atoms with Gasteiger partial charge >= 0.3 is 0 Å². The highest BCUT2D eigenvalue weighted by Gasteiger charge is 2.43. The number of allylic oxidation sites excluding steroid dienone is 1. The fourth-order valence-electron chi connectivity index (χ4n) is 3.79. The lowest BCUT2D eigenvalue weighted by Crippen LogP contribution is -2.21. The molecular weight excluding hydrogens is 322 g/mol. The highest BCUT2D eigenvalue weighted by Crippen LogP contribution is 2.38. The first kappa shape index (κ1) is 22.1. The van der Waals surface area contributed by atoms with E-state index in [1.165, 1.54) is 0 Å². The second-order valence-electron chi connectivity index (χ2n) is 7.10. The Morgan fingerprint density at radius 2 is 1.73 bits per heavy atom. The zero-order valence-electron chi connectivity index (χ0n) is 17.4. The summed E-state index contributed by atoms with van der Waals surface area (Å²) in [6.07, 6.45) is 3.11. The number of rotatable bonds is 7. The van der Waals surface area contributed by atoms with E-state index in [4.69, 9.17) is 0 Å². The predicted octanol–water partition coefficient (Wildman–Crippen LogP) is 5.17. The van der Waals surface area contributed by atoms with Crippen LogP contribution in [0.25, 0.3) is 0 Å². The van der Waals surface area contributed by atoms with Crippen molar-refractivity contribution >= 4 is 11.6 Å². The number of benzene rings is 1. The summed E-state index contributed by atoms with van der Waals surface area (Å²) in [7, 11) is 0. The number of unbranched alkanes of at least 4 members (excludes halogenated alkanes) is 1. The van der Waals surface area contributed by atoms with Crippen LogP contribution in [0.5, 0.6) is 0 Å². The zero-order valence-corrected chi connectivity index (χ0v) is 17.4. The van der Waals surface area contributed by atoms with Crippen LogP contribution in [0.3, 0.4) is 0 Å². The lowest BCUT2D eigenvalue weighted by Gasteiger charge is -2.17. The zero-order chi connectivity index (χ0) is 19.9. The van der Waals surface area contributed by atoms with Crippen molar-refractivity contribution in [2.24, 2.45) is 5.92 Å². The fraction of sp³-hybridized carbons (Fsp3) is 0.565. The van der Waals surface area contributed by atoms with E-state index >= 15 is 0 Å². The van der Waals surface area contributed by atoms with Gasteiger partial charge in [0, 0.05) is 24.6 Å². The van der Waals surface area contributed by atoms with Gasteiger partial charge in [0.15, 0.2) is 5.78 Å². The average Bonchev–Trinajstić information content (AvgIpc) is 2.84. The molecule has 1 N–H and O–H groups in total. The molecule has 0 bridgehead atoms. The number of Topliss-reactive ketones (excluding diaryl/α,β-unsaturated/α-hetero) is 2. The molecule has 1 fully saturated rings. The molecule has 1 saturated carbocycles. The van der Waals surface area contributed by atoms with Crippen LogP contribution >= 0.6 is 0 Å². The molecule has 2 rings (SSSR count). The molecule has 1 aliphatic carbocycles. The minimum atomic E-state index is -0.584. The van der Waals surface area contributed by atoms with Gasteiger partial charge < -0.3 is 5.32 Å². The predicted molar refractivity (Wildman–Crippen MR) is 110 cm³/mol. The minimum Gasteiger partial charge on any atom is -0.389 e. The molecule has 0 saturated heterocycles. The standard InChI is InChI=1S/C21H29NO2.C2H6/c1-6-7-8-22-16(5)11-17-12-18(23)20(21(17)24)19-14(3)9-13(2)10-15(19)4;1-2/h9-10,17,20,22H,5-8,11-12H2,1-4H3;1-2H3. The maximum absolute atomic E-state index is 12.9. The van der Waals surface area contributed by atoms with Gasteiger partial charge in [0.2, 0.25) is 0 Å². The van der Waals surface area contributed by atoms with Gasteiger partial charge in [-0.1, -0.05) is 51.5 Å². The van der Waals surface area contributed by atoms with Gasteiger partial charge in [-0.2, -0.15) is 0 Å². The fourth-order valence-corrected chi connectivity index (χ4v) is 3.79. The van der Waals surface area contributed by atoms with Crippen LogP contribution in [-0.4, -0.2) is 18.1 Å². The number of ketones is 2. The molecule has 0 aromatic heterocycles. The van der Waals surface area contributed by atoms with Gasteiger partial charge in [0.25, 0.3) is 0 Å². The number of hydrogen-bond acceptors (Lipinski definition) is 3. The van der Waals surface area contributed by atoms with Crippen molar-refractivity contribution in [2.45, 2.75) is 73.1 Å². The summed E-state index contributed by atoms with van der Waals surface area (Å²) in [5.41, 5.74) is 5.03. The molecule has 0 heterocycles. The first-order valence-electron chi connectivity index (χ1n) is 9.91. The number of aryl methyl sites for hydroxylation is 3. The number of nitrogens with one attached hydrogen (secondary N) is 1. The van der Waals surface area contributed by atoms with Crippen molar-refractivity contribution in [3.05, 3.63) is 46.7 Å². The summed E-state index contributed by atoms with van der Waals surface area (Å²) in [4.78, 5) is 25.4. The van der Waals surface area contributed by atoms with Crippen LogP contribution in [0, 0.1) is 26.7 Å². The topological polar surface area (TPSA) is 46.2 Å². The van der Waals surface area contributed by atoms with E-state index in [9.17, 15) is 9.59 Å². The van der Waals surface area contributed by atoms with Crippen LogP contribution in [0.1, 0.15) is 74.6 Å². The summed E-state index contributed by atoms with van der Waals surface area (Å²) >= 11 is 0. The van der Waals surface area contributed by atoms with Crippen molar-refractivity contribution in [3.63, 3.8) is 0 Å². The van der Waals surface area contributed by atoms with Crippen molar-refractivity contribution < 1.29 is 9.59 Å². The monoisotopic (exact) mass is 357 g/mol. The molecule has 3 heteroatoms. The summed E-state index contributed by atoms with van der Waals surface area (Å²) in [5, 5.41) is 3.27. The van der Waals surface area contributed by atoms with Crippen molar-refractivity contribution in [3.8, 4) is 0 Å². The van der Waals surface area contributed by atoms with Gasteiger partial charge in [-0.15, -0.1) is 0 Å². The molecule has 144 valence electrons. The Kier molecular flexibility index (Phi) is 8.77. The van der Waals surface area contributed by atoms with Gasteiger partial charge in [-0.25, -0.2) is 0 Å². The molecular formula is C23H35NO2. The summed E-state index contributed by atoms with van der Waals surface area (Å²) in [6, 6.07) is 4.11. The van der Waals surface area contributed by atoms with Crippen LogP contribution in [0.15, 0.2) is 24.4 Å². The Morgan fingerprint density at radius 3 is 2.27 bits per heavy atom. The molecule has 1 aliphatic rings. The third-order valence-corrected chi connectivity index (χ3v) is 4.88. The Bertz CT molecular complexity index is 637. The maximum atomic E-state index is 12.9. The molecule has 1 aromatic rings. The lowest BCUT2D eigenvalue weighted by molar-refractivity contribution is -0.124. The van der Waals surface area contributed by atoms with Gasteiger partial charge in [0.05, 0.1) is 0 Å². The second kappa shape index (κ2) is 10.3. The Morgan fingerprint density at radius 1 is 1.15 bits per heavy atom. The normalized spacial score (nSPS) is 19.2. The van der Waals surface area contributed by atoms with Crippen molar-refractivity contribution in [1.82, 2.24) is 5.32 Å². The van der Waals surface area contributed by atoms with E-state index in [-0.39, 0.29) is 17.5 Å². The van der Waals surface area contributed by atoms with E-state index in [1.807, 2.05) is 34.6 Å². The molecule has 3 nitrogen and oxygen atoms in total. The number of carbonyl (C=O) groups excluding carboxylic acids is 2. The van der Waals surface area contributed by atoms with Crippen molar-refractivity contribution in [1.29, 1.82) is 0 Å². The quantitative estimate of drug-likeness (QED) is 0.541. The van der Waals surface area contributed by atoms with Crippen LogP contribution in [0.2, 0.25) is 0 Å². The third kappa shape index (κ3) is 5.30. The molecule has 0 spiro atoms. The van der Waals surface area contributed by atoms with E-state index in [0.717, 1.165) is 47.3 Å². The molecule has 26 heavy (non-hydrogen) atoms. The largest absolute Gasteiger partial charge is 0.389 e. The van der Waals surface area contributed by atoms with Gasteiger partial charge in [-0.05, 0) is 50.3 Å². The Balaban J connectivity index is 0.00000163. The summed E-state index contributed by atoms with van der Waals surface area (Å²) < 4.78 is 0. The summed E-state index contributed by atoms with van der Waals surface area (Å²) in [5.74, 6) is -0.696. The average molecular weight is 358 g/mol. The molecule has 2 atom stereocenters. The Labute approximate surface area is 159 Å². The molecule has 0 amide bonds. The molecule has 0 aliphatic heterocycles.